The molecule has 2 aliphatic heterocycles. The molecule has 0 radical (unpaired) electrons. The molecule has 5 nitrogen and oxygen atoms in total. The second kappa shape index (κ2) is 7.67. The maximum absolute atomic E-state index is 12.9. The number of nitrogens with zero attached hydrogens (tertiary/aromatic N) is 4. The summed E-state index contributed by atoms with van der Waals surface area (Å²) in [5, 5.41) is 9.27. The molecule has 24 heavy (non-hydrogen) atoms. The normalized spacial score (nSPS) is 22.8. The third kappa shape index (κ3) is 3.54. The summed E-state index contributed by atoms with van der Waals surface area (Å²) in [4.78, 5) is 19.4. The summed E-state index contributed by atoms with van der Waals surface area (Å²) in [5.41, 5.74) is 1.69. The van der Waals surface area contributed by atoms with Crippen molar-refractivity contribution >= 4 is 11.6 Å². The molecule has 0 aliphatic carbocycles. The second-order valence-corrected chi connectivity index (χ2v) is 6.79. The fourth-order valence-electron chi connectivity index (χ4n) is 3.79. The SMILES string of the molecule is CN1CCCCC[C@H]1C(=O)N1CCN(c2ccccc2C#N)CC1. The largest absolute Gasteiger partial charge is 0.367 e. The van der Waals surface area contributed by atoms with E-state index in [-0.39, 0.29) is 11.9 Å². The molecule has 5 heteroatoms. The van der Waals surface area contributed by atoms with Gasteiger partial charge in [0, 0.05) is 26.2 Å². The first kappa shape index (κ1) is 16.8. The summed E-state index contributed by atoms with van der Waals surface area (Å²) >= 11 is 0. The molecule has 0 spiro atoms. The van der Waals surface area contributed by atoms with E-state index in [1.807, 2.05) is 29.2 Å². The van der Waals surface area contributed by atoms with E-state index in [0.29, 0.717) is 5.56 Å². The Bertz CT molecular complexity index is 616. The topological polar surface area (TPSA) is 50.6 Å². The number of carbonyl (C=O) groups is 1. The van der Waals surface area contributed by atoms with E-state index in [9.17, 15) is 10.1 Å². The number of rotatable bonds is 2. The highest BCUT2D eigenvalue weighted by atomic mass is 16.2. The van der Waals surface area contributed by atoms with Crippen molar-refractivity contribution in [3.63, 3.8) is 0 Å². The van der Waals surface area contributed by atoms with Gasteiger partial charge in [0.2, 0.25) is 5.91 Å². The van der Waals surface area contributed by atoms with Crippen LogP contribution in [0.15, 0.2) is 24.3 Å². The Morgan fingerprint density at radius 1 is 1.08 bits per heavy atom. The predicted octanol–water partition coefficient (Wildman–Crippen LogP) is 2.08. The minimum absolute atomic E-state index is 0.0467. The van der Waals surface area contributed by atoms with Gasteiger partial charge >= 0.3 is 0 Å². The van der Waals surface area contributed by atoms with E-state index in [0.717, 1.165) is 51.3 Å². The van der Waals surface area contributed by atoms with Crippen molar-refractivity contribution in [3.8, 4) is 6.07 Å². The monoisotopic (exact) mass is 326 g/mol. The Kier molecular flexibility index (Phi) is 5.37. The molecular weight excluding hydrogens is 300 g/mol. The summed E-state index contributed by atoms with van der Waals surface area (Å²) in [7, 11) is 2.08. The van der Waals surface area contributed by atoms with E-state index in [1.165, 1.54) is 12.8 Å². The standard InChI is InChI=1S/C19H26N4O/c1-21-10-6-2-3-9-18(21)19(24)23-13-11-22(12-14-23)17-8-5-4-7-16(17)15-20/h4-5,7-8,18H,2-3,6,9-14H2,1H3/t18-/m0/s1. The van der Waals surface area contributed by atoms with Gasteiger partial charge < -0.3 is 9.80 Å². The van der Waals surface area contributed by atoms with Gasteiger partial charge in [-0.2, -0.15) is 5.26 Å². The van der Waals surface area contributed by atoms with Crippen LogP contribution in [0.3, 0.4) is 0 Å². The van der Waals surface area contributed by atoms with Crippen LogP contribution in [0.5, 0.6) is 0 Å². The molecule has 1 aromatic carbocycles. The van der Waals surface area contributed by atoms with Gasteiger partial charge in [-0.1, -0.05) is 25.0 Å². The van der Waals surface area contributed by atoms with Crippen molar-refractivity contribution < 1.29 is 4.79 Å². The Hall–Kier alpha value is -2.06. The lowest BCUT2D eigenvalue weighted by atomic mass is 10.1. The first-order valence-electron chi connectivity index (χ1n) is 8.94. The third-order valence-corrected chi connectivity index (χ3v) is 5.26. The first-order chi connectivity index (χ1) is 11.7. The third-order valence-electron chi connectivity index (χ3n) is 5.26. The van der Waals surface area contributed by atoms with Gasteiger partial charge in [0.15, 0.2) is 0 Å². The molecule has 0 N–H and O–H groups in total. The maximum Gasteiger partial charge on any atom is 0.240 e. The molecule has 2 fully saturated rings. The van der Waals surface area contributed by atoms with Gasteiger partial charge in [-0.3, -0.25) is 9.69 Å². The number of hydrogen-bond acceptors (Lipinski definition) is 4. The molecule has 2 saturated heterocycles. The summed E-state index contributed by atoms with van der Waals surface area (Å²) in [6.45, 7) is 4.08. The van der Waals surface area contributed by atoms with Gasteiger partial charge in [0.25, 0.3) is 0 Å². The van der Waals surface area contributed by atoms with E-state index in [1.54, 1.807) is 0 Å². The molecule has 1 amide bonds. The van der Waals surface area contributed by atoms with Crippen molar-refractivity contribution in [3.05, 3.63) is 29.8 Å². The summed E-state index contributed by atoms with van der Waals surface area (Å²) in [5.74, 6) is 0.285. The van der Waals surface area contributed by atoms with Gasteiger partial charge in [0.1, 0.15) is 6.07 Å². The predicted molar refractivity (Wildman–Crippen MR) is 94.8 cm³/mol. The minimum atomic E-state index is 0.0467. The fraction of sp³-hybridized carbons (Fsp3) is 0.579. The molecule has 128 valence electrons. The van der Waals surface area contributed by atoms with Crippen molar-refractivity contribution in [1.82, 2.24) is 9.80 Å². The van der Waals surface area contributed by atoms with Crippen LogP contribution in [0, 0.1) is 11.3 Å². The molecule has 2 aliphatic rings. The van der Waals surface area contributed by atoms with E-state index in [2.05, 4.69) is 22.9 Å². The molecular formula is C19H26N4O. The van der Waals surface area contributed by atoms with E-state index < -0.39 is 0 Å². The maximum atomic E-state index is 12.9. The van der Waals surface area contributed by atoms with Gasteiger partial charge in [0.05, 0.1) is 17.3 Å². The number of hydrogen-bond donors (Lipinski definition) is 0. The second-order valence-electron chi connectivity index (χ2n) is 6.79. The number of piperazine rings is 1. The zero-order chi connectivity index (χ0) is 16.9. The van der Waals surface area contributed by atoms with E-state index in [4.69, 9.17) is 0 Å². The number of likely N-dealkylation sites (tertiary alicyclic amines) is 1. The number of para-hydroxylation sites is 1. The number of likely N-dealkylation sites (N-methyl/N-ethyl adjacent to an activating group) is 1. The number of amides is 1. The molecule has 0 saturated carbocycles. The number of anilines is 1. The van der Waals surface area contributed by atoms with Crippen LogP contribution in [0.2, 0.25) is 0 Å². The Morgan fingerprint density at radius 2 is 1.83 bits per heavy atom. The zero-order valence-corrected chi connectivity index (χ0v) is 14.4. The highest BCUT2D eigenvalue weighted by molar-refractivity contribution is 5.82. The number of nitriles is 1. The quantitative estimate of drug-likeness (QED) is 0.835. The summed E-state index contributed by atoms with van der Waals surface area (Å²) in [6.07, 6.45) is 4.55. The molecule has 3 rings (SSSR count). The molecule has 1 aromatic rings. The highest BCUT2D eigenvalue weighted by Gasteiger charge is 2.31. The lowest BCUT2D eigenvalue weighted by Gasteiger charge is -2.39. The van der Waals surface area contributed by atoms with Crippen LogP contribution >= 0.6 is 0 Å². The minimum Gasteiger partial charge on any atom is -0.367 e. The lowest BCUT2D eigenvalue weighted by Crippen LogP contribution is -2.54. The zero-order valence-electron chi connectivity index (χ0n) is 14.4. The molecule has 0 unspecified atom stereocenters. The highest BCUT2D eigenvalue weighted by Crippen LogP contribution is 2.22. The van der Waals surface area contributed by atoms with Crippen molar-refractivity contribution in [2.45, 2.75) is 31.7 Å². The van der Waals surface area contributed by atoms with E-state index >= 15 is 0 Å². The number of carbonyl (C=O) groups excluding carboxylic acids is 1. The first-order valence-corrected chi connectivity index (χ1v) is 8.94. The Morgan fingerprint density at radius 3 is 2.58 bits per heavy atom. The average Bonchev–Trinajstić information content (AvgIpc) is 2.85. The summed E-state index contributed by atoms with van der Waals surface area (Å²) in [6, 6.07) is 10.0. The van der Waals surface area contributed by atoms with Crippen LogP contribution < -0.4 is 4.90 Å². The van der Waals surface area contributed by atoms with Crippen LogP contribution in [0.4, 0.5) is 5.69 Å². The Labute approximate surface area is 144 Å². The fourth-order valence-corrected chi connectivity index (χ4v) is 3.79. The van der Waals surface area contributed by atoms with Gasteiger partial charge in [-0.15, -0.1) is 0 Å². The molecule has 0 aromatic heterocycles. The average molecular weight is 326 g/mol. The summed E-state index contributed by atoms with van der Waals surface area (Å²) < 4.78 is 0. The number of benzene rings is 1. The molecule has 2 heterocycles. The Balaban J connectivity index is 1.62. The van der Waals surface area contributed by atoms with Crippen LogP contribution in [0.1, 0.15) is 31.2 Å². The van der Waals surface area contributed by atoms with Crippen LogP contribution in [-0.2, 0) is 4.79 Å². The van der Waals surface area contributed by atoms with Crippen LogP contribution in [-0.4, -0.2) is 61.5 Å². The smallest absolute Gasteiger partial charge is 0.240 e. The van der Waals surface area contributed by atoms with Crippen LogP contribution in [0.25, 0.3) is 0 Å². The molecule has 1 atom stereocenters. The molecule has 0 bridgehead atoms. The van der Waals surface area contributed by atoms with Crippen molar-refractivity contribution in [2.75, 3.05) is 44.7 Å². The van der Waals surface area contributed by atoms with Crippen molar-refractivity contribution in [2.24, 2.45) is 0 Å². The van der Waals surface area contributed by atoms with Gasteiger partial charge in [-0.05, 0) is 38.6 Å². The van der Waals surface area contributed by atoms with Crippen molar-refractivity contribution in [1.29, 1.82) is 5.26 Å². The van der Waals surface area contributed by atoms with Gasteiger partial charge in [-0.25, -0.2) is 0 Å². The lowest BCUT2D eigenvalue weighted by molar-refractivity contribution is -0.136.